The van der Waals surface area contributed by atoms with E-state index in [1.807, 2.05) is 38.2 Å². The lowest BCUT2D eigenvalue weighted by atomic mass is 10.1. The third-order valence-electron chi connectivity index (χ3n) is 7.32. The zero-order valence-corrected chi connectivity index (χ0v) is 28.8. The Hall–Kier alpha value is -3.33. The van der Waals surface area contributed by atoms with Crippen LogP contribution >= 0.6 is 0 Å². The summed E-state index contributed by atoms with van der Waals surface area (Å²) in [6, 6.07) is -1.64. The van der Waals surface area contributed by atoms with Crippen LogP contribution in [0.25, 0.3) is 0 Å². The first-order valence-corrected chi connectivity index (χ1v) is 17.2. The molecular formula is C33H63N9O5. The van der Waals surface area contributed by atoms with Gasteiger partial charge in [0.25, 0.3) is 0 Å². The van der Waals surface area contributed by atoms with Crippen molar-refractivity contribution in [1.29, 1.82) is 0 Å². The maximum atomic E-state index is 13.9. The maximum Gasteiger partial charge on any atom is 0.236 e. The van der Waals surface area contributed by atoms with Gasteiger partial charge in [0.05, 0.1) is 18.0 Å². The molecule has 0 unspecified atom stereocenters. The summed E-state index contributed by atoms with van der Waals surface area (Å²) in [5.41, 5.74) is 22.9. The molecule has 12 N–H and O–H groups in total. The van der Waals surface area contributed by atoms with E-state index in [1.54, 1.807) is 4.90 Å². The molecule has 0 aliphatic rings. The number of amides is 5. The van der Waals surface area contributed by atoms with Gasteiger partial charge in [-0.15, -0.1) is 0 Å². The van der Waals surface area contributed by atoms with Gasteiger partial charge in [0.15, 0.2) is 0 Å². The highest BCUT2D eigenvalue weighted by molar-refractivity contribution is 5.85. The lowest BCUT2D eigenvalue weighted by molar-refractivity contribution is -0.136. The number of nitrogens with one attached hydrogen (secondary N) is 4. The Bertz CT molecular complexity index is 933. The van der Waals surface area contributed by atoms with E-state index in [0.29, 0.717) is 71.1 Å². The molecule has 0 aromatic carbocycles. The molecule has 0 aromatic rings. The van der Waals surface area contributed by atoms with Gasteiger partial charge in [0.2, 0.25) is 29.5 Å². The van der Waals surface area contributed by atoms with Gasteiger partial charge in [0, 0.05) is 52.1 Å². The number of hydrogen-bond donors (Lipinski definition) is 8. The molecule has 0 bridgehead atoms. The minimum absolute atomic E-state index is 0.0214. The van der Waals surface area contributed by atoms with Gasteiger partial charge in [0.1, 0.15) is 0 Å². The van der Waals surface area contributed by atoms with Crippen molar-refractivity contribution < 1.29 is 24.0 Å². The molecule has 0 fully saturated rings. The third kappa shape index (κ3) is 22.8. The summed E-state index contributed by atoms with van der Waals surface area (Å²) in [6.07, 6.45) is 14.4. The molecule has 0 aromatic heterocycles. The van der Waals surface area contributed by atoms with E-state index >= 15 is 0 Å². The first-order chi connectivity index (χ1) is 22.6. The lowest BCUT2D eigenvalue weighted by Gasteiger charge is -2.28. The molecule has 0 aliphatic carbocycles. The number of carbonyl (C=O) groups excluding carboxylic acids is 5. The summed E-state index contributed by atoms with van der Waals surface area (Å²) in [6.45, 7) is 6.06. The van der Waals surface area contributed by atoms with Crippen LogP contribution in [0, 0.1) is 5.92 Å². The zero-order chi connectivity index (χ0) is 35.3. The molecule has 270 valence electrons. The van der Waals surface area contributed by atoms with Gasteiger partial charge >= 0.3 is 0 Å². The fourth-order valence-corrected chi connectivity index (χ4v) is 4.50. The fourth-order valence-electron chi connectivity index (χ4n) is 4.50. The van der Waals surface area contributed by atoms with E-state index in [-0.39, 0.29) is 56.7 Å². The predicted molar refractivity (Wildman–Crippen MR) is 187 cm³/mol. The van der Waals surface area contributed by atoms with Crippen LogP contribution in [0.1, 0.15) is 84.5 Å². The number of hydrogen-bond acceptors (Lipinski definition) is 9. The first-order valence-electron chi connectivity index (χ1n) is 17.2. The van der Waals surface area contributed by atoms with Crippen LogP contribution in [-0.2, 0) is 24.0 Å². The summed E-state index contributed by atoms with van der Waals surface area (Å²) in [5.74, 6) is -2.03. The van der Waals surface area contributed by atoms with Crippen LogP contribution in [0.2, 0.25) is 0 Å². The number of unbranched alkanes of at least 4 members (excludes halogenated alkanes) is 1. The molecule has 0 radical (unpaired) electrons. The zero-order valence-electron chi connectivity index (χ0n) is 28.8. The fraction of sp³-hybridized carbons (Fsp3) is 0.727. The highest BCUT2D eigenvalue weighted by Gasteiger charge is 2.27. The van der Waals surface area contributed by atoms with Gasteiger partial charge in [-0.1, -0.05) is 38.2 Å². The molecule has 0 spiro atoms. The largest absolute Gasteiger partial charge is 0.356 e. The lowest BCUT2D eigenvalue weighted by Crippen LogP contribution is -2.51. The molecule has 47 heavy (non-hydrogen) atoms. The third-order valence-corrected chi connectivity index (χ3v) is 7.32. The highest BCUT2D eigenvalue weighted by atomic mass is 16.2. The van der Waals surface area contributed by atoms with E-state index in [9.17, 15) is 24.0 Å². The van der Waals surface area contributed by atoms with Crippen LogP contribution in [0.4, 0.5) is 0 Å². The Kier molecular flexibility index (Phi) is 26.8. The van der Waals surface area contributed by atoms with Crippen molar-refractivity contribution in [2.24, 2.45) is 28.9 Å². The van der Waals surface area contributed by atoms with Crippen molar-refractivity contribution in [3.8, 4) is 0 Å². The van der Waals surface area contributed by atoms with Gasteiger partial charge in [-0.3, -0.25) is 24.0 Å². The second-order valence-electron chi connectivity index (χ2n) is 11.5. The highest BCUT2D eigenvalue weighted by Crippen LogP contribution is 2.07. The average molecular weight is 666 g/mol. The minimum atomic E-state index is -0.821. The molecule has 0 aliphatic heterocycles. The van der Waals surface area contributed by atoms with E-state index in [2.05, 4.69) is 21.3 Å². The second-order valence-corrected chi connectivity index (χ2v) is 11.5. The van der Waals surface area contributed by atoms with Crippen molar-refractivity contribution in [2.45, 2.75) is 96.6 Å². The topological polar surface area (TPSA) is 241 Å². The molecule has 5 amide bonds. The maximum absolute atomic E-state index is 13.9. The Morgan fingerprint density at radius 3 is 1.53 bits per heavy atom. The summed E-state index contributed by atoms with van der Waals surface area (Å²) >= 11 is 0. The standard InChI is InChI=1S/C33H63N9O5/c1-3-5-7-9-14-29(43)38-20-11-12-22-42(23-13-21-39-30(44)15-10-8-6-4-2)33(47)26(24-40-31(45)27(36)16-18-34)25-41-32(46)28(37)17-19-35/h5-8,26-28H,3-4,9-25,34-37H2,1-2H3,(H,38,43)(H,39,44)(H,40,45)(H,41,46)/t27-,28-/m0/s1. The molecular weight excluding hydrogens is 602 g/mol. The number of nitrogens with zero attached hydrogens (tertiary/aromatic N) is 1. The van der Waals surface area contributed by atoms with E-state index in [0.717, 1.165) is 12.8 Å². The second kappa shape index (κ2) is 28.9. The van der Waals surface area contributed by atoms with Crippen molar-refractivity contribution >= 4 is 29.5 Å². The normalized spacial score (nSPS) is 12.7. The summed E-state index contributed by atoms with van der Waals surface area (Å²) < 4.78 is 0. The molecule has 14 nitrogen and oxygen atoms in total. The number of allylic oxidation sites excluding steroid dienone is 4. The smallest absolute Gasteiger partial charge is 0.236 e. The van der Waals surface area contributed by atoms with E-state index < -0.39 is 29.8 Å². The minimum Gasteiger partial charge on any atom is -0.356 e. The Morgan fingerprint density at radius 1 is 0.638 bits per heavy atom. The quantitative estimate of drug-likeness (QED) is 0.0411. The van der Waals surface area contributed by atoms with Crippen molar-refractivity contribution in [3.05, 3.63) is 24.3 Å². The molecule has 2 atom stereocenters. The van der Waals surface area contributed by atoms with Crippen LogP contribution in [0.15, 0.2) is 24.3 Å². The van der Waals surface area contributed by atoms with Crippen LogP contribution in [-0.4, -0.2) is 98.9 Å². The summed E-state index contributed by atoms with van der Waals surface area (Å²) in [5, 5.41) is 11.3. The van der Waals surface area contributed by atoms with Crippen LogP contribution in [0.3, 0.4) is 0 Å². The Morgan fingerprint density at radius 2 is 1.09 bits per heavy atom. The Balaban J connectivity index is 5.46. The molecule has 0 heterocycles. The van der Waals surface area contributed by atoms with Crippen molar-refractivity contribution in [1.82, 2.24) is 26.2 Å². The van der Waals surface area contributed by atoms with Crippen molar-refractivity contribution in [2.75, 3.05) is 52.4 Å². The molecule has 0 saturated carbocycles. The van der Waals surface area contributed by atoms with Crippen molar-refractivity contribution in [3.63, 3.8) is 0 Å². The summed E-state index contributed by atoms with van der Waals surface area (Å²) in [4.78, 5) is 64.9. The van der Waals surface area contributed by atoms with Gasteiger partial charge in [-0.2, -0.15) is 0 Å². The van der Waals surface area contributed by atoms with E-state index in [1.165, 1.54) is 0 Å². The number of carbonyl (C=O) groups is 5. The van der Waals surface area contributed by atoms with E-state index in [4.69, 9.17) is 22.9 Å². The number of nitrogens with two attached hydrogens (primary N) is 4. The molecule has 0 saturated heterocycles. The van der Waals surface area contributed by atoms with Gasteiger partial charge < -0.3 is 49.1 Å². The van der Waals surface area contributed by atoms with Crippen LogP contribution < -0.4 is 44.2 Å². The summed E-state index contributed by atoms with van der Waals surface area (Å²) in [7, 11) is 0. The Labute approximate surface area is 281 Å². The van der Waals surface area contributed by atoms with Gasteiger partial charge in [-0.25, -0.2) is 0 Å². The monoisotopic (exact) mass is 665 g/mol. The molecule has 14 heteroatoms. The SMILES string of the molecule is CCC=CCCC(=O)NCCCCN(CCCNC(=O)CCC=CCC)C(=O)C(CNC(=O)[C@@H](N)CCN)CNC(=O)[C@@H](N)CCN. The predicted octanol–water partition coefficient (Wildman–Crippen LogP) is -0.0887. The van der Waals surface area contributed by atoms with Gasteiger partial charge in [-0.05, 0) is 70.9 Å². The number of rotatable bonds is 28. The van der Waals surface area contributed by atoms with Crippen LogP contribution in [0.5, 0.6) is 0 Å². The molecule has 0 rings (SSSR count). The average Bonchev–Trinajstić information content (AvgIpc) is 3.05. The first kappa shape index (κ1) is 43.7.